The van der Waals surface area contributed by atoms with E-state index in [0.717, 1.165) is 11.3 Å². The van der Waals surface area contributed by atoms with Gasteiger partial charge in [-0.2, -0.15) is 0 Å². The molecule has 3 heterocycles. The van der Waals surface area contributed by atoms with Gasteiger partial charge in [0.05, 0.1) is 5.69 Å². The molecule has 0 spiro atoms. The molecule has 4 rings (SSSR count). The zero-order valence-corrected chi connectivity index (χ0v) is 18.3. The average Bonchev–Trinajstić information content (AvgIpc) is 3.12. The third-order valence-corrected chi connectivity index (χ3v) is 6.29. The Kier molecular flexibility index (Phi) is 6.29. The maximum absolute atomic E-state index is 12.2. The molecule has 0 fully saturated rings. The molecular weight excluding hydrogens is 410 g/mol. The number of hydrogen-bond acceptors (Lipinski definition) is 6. The van der Waals surface area contributed by atoms with Gasteiger partial charge in [-0.1, -0.05) is 18.2 Å². The number of aromatic nitrogens is 3. The van der Waals surface area contributed by atoms with Gasteiger partial charge in [0.15, 0.2) is 0 Å². The van der Waals surface area contributed by atoms with Crippen LogP contribution in [0.25, 0.3) is 10.1 Å². The standard InChI is InChI=1S/C23H25N5O2S/c1-28(2)18(9-15-7-8-24-21(29)10-15)14-25-23-26-17(13-22(30)27-23)12-19-11-16-5-3-4-6-20(16)31-19/h3-8,10-11,13,18H,9,12,14H2,1-2H3,(H,24,29)(H2,25,26,27,30)/t18-/m1/s1. The molecule has 0 radical (unpaired) electrons. The van der Waals surface area contributed by atoms with Crippen molar-refractivity contribution in [2.45, 2.75) is 18.9 Å². The topological polar surface area (TPSA) is 93.9 Å². The van der Waals surface area contributed by atoms with Crippen molar-refractivity contribution in [1.82, 2.24) is 19.9 Å². The van der Waals surface area contributed by atoms with Crippen LogP contribution in [0.4, 0.5) is 5.95 Å². The van der Waals surface area contributed by atoms with Crippen molar-refractivity contribution in [2.24, 2.45) is 0 Å². The number of H-pyrrole nitrogens is 2. The summed E-state index contributed by atoms with van der Waals surface area (Å²) < 4.78 is 1.23. The monoisotopic (exact) mass is 435 g/mol. The summed E-state index contributed by atoms with van der Waals surface area (Å²) in [5, 5.41) is 4.47. The fourth-order valence-corrected chi connectivity index (χ4v) is 4.60. The number of hydrogen-bond donors (Lipinski definition) is 3. The predicted octanol–water partition coefficient (Wildman–Crippen LogP) is 2.85. The second kappa shape index (κ2) is 9.28. The number of nitrogens with one attached hydrogen (secondary N) is 3. The lowest BCUT2D eigenvalue weighted by Crippen LogP contribution is -2.37. The van der Waals surface area contributed by atoms with E-state index in [1.54, 1.807) is 29.7 Å². The van der Waals surface area contributed by atoms with Gasteiger partial charge in [-0.05, 0) is 49.7 Å². The third kappa shape index (κ3) is 5.48. The highest BCUT2D eigenvalue weighted by Gasteiger charge is 2.14. The van der Waals surface area contributed by atoms with Gasteiger partial charge >= 0.3 is 0 Å². The number of rotatable bonds is 8. The lowest BCUT2D eigenvalue weighted by molar-refractivity contribution is 0.303. The third-order valence-electron chi connectivity index (χ3n) is 5.17. The summed E-state index contributed by atoms with van der Waals surface area (Å²) in [4.78, 5) is 37.1. The molecule has 8 heteroatoms. The zero-order chi connectivity index (χ0) is 21.8. The van der Waals surface area contributed by atoms with Crippen LogP contribution in [0.1, 0.15) is 16.1 Å². The van der Waals surface area contributed by atoms with Crippen LogP contribution in [-0.4, -0.2) is 46.5 Å². The van der Waals surface area contributed by atoms with E-state index in [0.29, 0.717) is 25.3 Å². The fourth-order valence-electron chi connectivity index (χ4n) is 3.52. The normalized spacial score (nSPS) is 12.4. The van der Waals surface area contributed by atoms with Crippen LogP contribution in [-0.2, 0) is 12.8 Å². The van der Waals surface area contributed by atoms with Crippen LogP contribution in [0.2, 0.25) is 0 Å². The Morgan fingerprint density at radius 3 is 2.71 bits per heavy atom. The summed E-state index contributed by atoms with van der Waals surface area (Å²) in [5.74, 6) is 0.460. The molecule has 0 amide bonds. The molecule has 3 N–H and O–H groups in total. The van der Waals surface area contributed by atoms with Crippen molar-refractivity contribution in [1.29, 1.82) is 0 Å². The zero-order valence-electron chi connectivity index (χ0n) is 17.5. The number of likely N-dealkylation sites (N-methyl/N-ethyl adjacent to an activating group) is 1. The van der Waals surface area contributed by atoms with E-state index in [4.69, 9.17) is 0 Å². The molecule has 0 aliphatic rings. The van der Waals surface area contributed by atoms with Crippen LogP contribution in [0.3, 0.4) is 0 Å². The average molecular weight is 436 g/mol. The Hall–Kier alpha value is -3.23. The number of pyridine rings is 1. The summed E-state index contributed by atoms with van der Waals surface area (Å²) in [7, 11) is 3.99. The highest BCUT2D eigenvalue weighted by molar-refractivity contribution is 7.19. The van der Waals surface area contributed by atoms with E-state index in [2.05, 4.69) is 43.4 Å². The molecular formula is C23H25N5O2S. The fraction of sp³-hybridized carbons (Fsp3) is 0.261. The van der Waals surface area contributed by atoms with Gasteiger partial charge in [0.1, 0.15) is 0 Å². The number of anilines is 1. The molecule has 0 bridgehead atoms. The summed E-state index contributed by atoms with van der Waals surface area (Å²) in [6, 6.07) is 15.6. The molecule has 7 nitrogen and oxygen atoms in total. The highest BCUT2D eigenvalue weighted by Crippen LogP contribution is 2.26. The summed E-state index contributed by atoms with van der Waals surface area (Å²) in [6.45, 7) is 0.578. The number of aromatic amines is 2. The summed E-state index contributed by atoms with van der Waals surface area (Å²) in [6.07, 6.45) is 2.98. The first-order chi connectivity index (χ1) is 15.0. The van der Waals surface area contributed by atoms with Gasteiger partial charge in [0.2, 0.25) is 11.5 Å². The molecule has 3 aromatic heterocycles. The Balaban J connectivity index is 1.47. The van der Waals surface area contributed by atoms with Crippen molar-refractivity contribution in [3.05, 3.63) is 91.6 Å². The minimum absolute atomic E-state index is 0.108. The predicted molar refractivity (Wildman–Crippen MR) is 126 cm³/mol. The van der Waals surface area contributed by atoms with E-state index in [1.807, 2.05) is 32.3 Å². The minimum atomic E-state index is -0.176. The first kappa shape index (κ1) is 21.0. The minimum Gasteiger partial charge on any atom is -0.354 e. The highest BCUT2D eigenvalue weighted by atomic mass is 32.1. The van der Waals surface area contributed by atoms with Gasteiger partial charge in [0, 0.05) is 46.9 Å². The number of nitrogens with zero attached hydrogens (tertiary/aromatic N) is 2. The first-order valence-corrected chi connectivity index (χ1v) is 10.9. The summed E-state index contributed by atoms with van der Waals surface area (Å²) >= 11 is 1.72. The SMILES string of the molecule is CN(C)[C@@H](CNc1nc(Cc2cc3ccccc3s2)cc(=O)[nH]1)Cc1cc[nH]c(=O)c1. The molecule has 0 aliphatic heterocycles. The molecule has 0 unspecified atom stereocenters. The van der Waals surface area contributed by atoms with Crippen molar-refractivity contribution >= 4 is 27.4 Å². The lowest BCUT2D eigenvalue weighted by Gasteiger charge is -2.24. The Morgan fingerprint density at radius 1 is 1.10 bits per heavy atom. The molecule has 31 heavy (non-hydrogen) atoms. The van der Waals surface area contributed by atoms with Gasteiger partial charge in [0.25, 0.3) is 5.56 Å². The van der Waals surface area contributed by atoms with E-state index in [1.165, 1.54) is 15.0 Å². The number of benzene rings is 1. The maximum atomic E-state index is 12.2. The van der Waals surface area contributed by atoms with Gasteiger partial charge in [-0.15, -0.1) is 11.3 Å². The largest absolute Gasteiger partial charge is 0.354 e. The first-order valence-electron chi connectivity index (χ1n) is 10.1. The molecule has 1 aromatic carbocycles. The van der Waals surface area contributed by atoms with Crippen LogP contribution in [0.15, 0.2) is 64.3 Å². The second-order valence-corrected chi connectivity index (χ2v) is 8.94. The van der Waals surface area contributed by atoms with E-state index in [9.17, 15) is 9.59 Å². The van der Waals surface area contributed by atoms with Crippen LogP contribution in [0.5, 0.6) is 0 Å². The van der Waals surface area contributed by atoms with Gasteiger partial charge < -0.3 is 15.2 Å². The summed E-state index contributed by atoms with van der Waals surface area (Å²) in [5.41, 5.74) is 1.41. The quantitative estimate of drug-likeness (QED) is 0.396. The molecule has 1 atom stereocenters. The van der Waals surface area contributed by atoms with Crippen LogP contribution >= 0.6 is 11.3 Å². The van der Waals surface area contributed by atoms with Crippen LogP contribution < -0.4 is 16.4 Å². The molecule has 0 saturated carbocycles. The van der Waals surface area contributed by atoms with E-state index in [-0.39, 0.29) is 17.2 Å². The Morgan fingerprint density at radius 2 is 1.94 bits per heavy atom. The van der Waals surface area contributed by atoms with Gasteiger partial charge in [-0.3, -0.25) is 14.6 Å². The van der Waals surface area contributed by atoms with Crippen molar-refractivity contribution in [3.63, 3.8) is 0 Å². The van der Waals surface area contributed by atoms with Crippen molar-refractivity contribution in [2.75, 3.05) is 26.0 Å². The molecule has 0 saturated heterocycles. The molecule has 0 aliphatic carbocycles. The number of thiophene rings is 1. The molecule has 160 valence electrons. The van der Waals surface area contributed by atoms with Crippen LogP contribution in [0, 0.1) is 0 Å². The Labute approximate surface area is 183 Å². The lowest BCUT2D eigenvalue weighted by atomic mass is 10.1. The van der Waals surface area contributed by atoms with Gasteiger partial charge in [-0.25, -0.2) is 4.98 Å². The second-order valence-electron chi connectivity index (χ2n) is 7.78. The van der Waals surface area contributed by atoms with Crippen molar-refractivity contribution < 1.29 is 0 Å². The van der Waals surface area contributed by atoms with Crippen molar-refractivity contribution in [3.8, 4) is 0 Å². The van der Waals surface area contributed by atoms with E-state index >= 15 is 0 Å². The maximum Gasteiger partial charge on any atom is 0.252 e. The smallest absolute Gasteiger partial charge is 0.252 e. The molecule has 4 aromatic rings. The van der Waals surface area contributed by atoms with E-state index < -0.39 is 0 Å². The number of fused-ring (bicyclic) bond motifs is 1. The Bertz CT molecular complexity index is 1260.